The normalized spacial score (nSPS) is 11.5. The first-order chi connectivity index (χ1) is 13.8. The Morgan fingerprint density at radius 1 is 1.14 bits per heavy atom. The second-order valence-electron chi connectivity index (χ2n) is 6.37. The molecule has 3 aromatic heterocycles. The fraction of sp³-hybridized carbons (Fsp3) is 0.474. The summed E-state index contributed by atoms with van der Waals surface area (Å²) in [6.45, 7) is 5.15. The van der Waals surface area contributed by atoms with Crippen LogP contribution in [0.2, 0.25) is 0 Å². The Balaban J connectivity index is 1.82. The molecule has 0 aromatic carbocycles. The molecule has 0 aliphatic carbocycles. The molecule has 0 bridgehead atoms. The number of fused-ring (bicyclic) bond motifs is 1. The monoisotopic (exact) mass is 398 g/mol. The summed E-state index contributed by atoms with van der Waals surface area (Å²) in [5.41, 5.74) is 5.14. The van der Waals surface area contributed by atoms with E-state index in [0.717, 1.165) is 36.5 Å². The molecule has 0 aliphatic heterocycles. The van der Waals surface area contributed by atoms with Crippen LogP contribution < -0.4 is 5.43 Å². The molecule has 1 N–H and O–H groups in total. The van der Waals surface area contributed by atoms with Gasteiger partial charge in [0.1, 0.15) is 0 Å². The SMILES string of the molecule is CCCCCCn1nnc2c(N/N=C/c3ccccn3)nc(SCCC)nc21. The maximum atomic E-state index is 4.68. The number of rotatable bonds is 11. The van der Waals surface area contributed by atoms with Gasteiger partial charge < -0.3 is 0 Å². The van der Waals surface area contributed by atoms with Gasteiger partial charge in [-0.15, -0.1) is 5.10 Å². The molecule has 3 aromatic rings. The van der Waals surface area contributed by atoms with E-state index in [2.05, 4.69) is 49.6 Å². The zero-order valence-electron chi connectivity index (χ0n) is 16.4. The van der Waals surface area contributed by atoms with Gasteiger partial charge in [0.15, 0.2) is 22.1 Å². The Labute approximate surface area is 169 Å². The molecule has 0 saturated carbocycles. The molecule has 0 fully saturated rings. The van der Waals surface area contributed by atoms with Crippen LogP contribution in [0.3, 0.4) is 0 Å². The molecular weight excluding hydrogens is 372 g/mol. The minimum absolute atomic E-state index is 0.565. The number of aromatic nitrogens is 6. The Kier molecular flexibility index (Phi) is 7.71. The Hall–Kier alpha value is -2.55. The van der Waals surface area contributed by atoms with Gasteiger partial charge in [0, 0.05) is 18.5 Å². The number of anilines is 1. The summed E-state index contributed by atoms with van der Waals surface area (Å²) in [4.78, 5) is 13.5. The number of aryl methyl sites for hydroxylation is 1. The van der Waals surface area contributed by atoms with E-state index in [1.807, 2.05) is 22.9 Å². The van der Waals surface area contributed by atoms with Crippen molar-refractivity contribution in [1.82, 2.24) is 29.9 Å². The summed E-state index contributed by atoms with van der Waals surface area (Å²) in [5, 5.41) is 13.6. The Bertz CT molecular complexity index is 894. The Morgan fingerprint density at radius 3 is 2.86 bits per heavy atom. The molecule has 148 valence electrons. The van der Waals surface area contributed by atoms with Crippen molar-refractivity contribution in [3.05, 3.63) is 30.1 Å². The number of unbranched alkanes of at least 4 members (excludes halogenated alkanes) is 3. The quantitative estimate of drug-likeness (QED) is 0.170. The molecule has 3 heterocycles. The van der Waals surface area contributed by atoms with Crippen LogP contribution in [0, 0.1) is 0 Å². The summed E-state index contributed by atoms with van der Waals surface area (Å²) in [5.74, 6) is 1.52. The summed E-state index contributed by atoms with van der Waals surface area (Å²) in [6, 6.07) is 5.67. The van der Waals surface area contributed by atoms with E-state index in [-0.39, 0.29) is 0 Å². The summed E-state index contributed by atoms with van der Waals surface area (Å²) in [6.07, 6.45) is 9.12. The lowest BCUT2D eigenvalue weighted by molar-refractivity contribution is 0.535. The van der Waals surface area contributed by atoms with Crippen LogP contribution in [0.15, 0.2) is 34.7 Å². The van der Waals surface area contributed by atoms with E-state index in [0.29, 0.717) is 16.5 Å². The average molecular weight is 399 g/mol. The van der Waals surface area contributed by atoms with Crippen molar-refractivity contribution < 1.29 is 0 Å². The van der Waals surface area contributed by atoms with Gasteiger partial charge in [0.05, 0.1) is 11.9 Å². The molecule has 28 heavy (non-hydrogen) atoms. The molecule has 0 aliphatic rings. The predicted octanol–water partition coefficient (Wildman–Crippen LogP) is 4.14. The van der Waals surface area contributed by atoms with Gasteiger partial charge in [-0.3, -0.25) is 10.4 Å². The van der Waals surface area contributed by atoms with Gasteiger partial charge >= 0.3 is 0 Å². The Morgan fingerprint density at radius 2 is 2.07 bits per heavy atom. The van der Waals surface area contributed by atoms with Crippen molar-refractivity contribution in [2.24, 2.45) is 5.10 Å². The first kappa shape index (κ1) is 20.2. The van der Waals surface area contributed by atoms with Crippen molar-refractivity contribution in [3.63, 3.8) is 0 Å². The lowest BCUT2D eigenvalue weighted by Crippen LogP contribution is -2.04. The minimum atomic E-state index is 0.565. The second-order valence-corrected chi connectivity index (χ2v) is 7.44. The predicted molar refractivity (Wildman–Crippen MR) is 114 cm³/mol. The van der Waals surface area contributed by atoms with E-state index in [1.54, 1.807) is 24.2 Å². The number of hydrogen-bond acceptors (Lipinski definition) is 8. The fourth-order valence-electron chi connectivity index (χ4n) is 2.62. The highest BCUT2D eigenvalue weighted by atomic mass is 32.2. The van der Waals surface area contributed by atoms with E-state index in [4.69, 9.17) is 0 Å². The van der Waals surface area contributed by atoms with Gasteiger partial charge in [-0.05, 0) is 25.0 Å². The molecule has 0 atom stereocenters. The van der Waals surface area contributed by atoms with E-state index in [1.165, 1.54) is 19.3 Å². The molecule has 8 nitrogen and oxygen atoms in total. The average Bonchev–Trinajstić information content (AvgIpc) is 3.13. The second kappa shape index (κ2) is 10.7. The first-order valence-electron chi connectivity index (χ1n) is 9.76. The van der Waals surface area contributed by atoms with Crippen LogP contribution >= 0.6 is 11.8 Å². The minimum Gasteiger partial charge on any atom is -0.259 e. The third-order valence-corrected chi connectivity index (χ3v) is 5.11. The van der Waals surface area contributed by atoms with E-state index in [9.17, 15) is 0 Å². The van der Waals surface area contributed by atoms with E-state index >= 15 is 0 Å². The number of thioether (sulfide) groups is 1. The highest BCUT2D eigenvalue weighted by molar-refractivity contribution is 7.99. The molecule has 3 rings (SSSR count). The number of nitrogens with zero attached hydrogens (tertiary/aromatic N) is 7. The van der Waals surface area contributed by atoms with Crippen LogP contribution in [0.5, 0.6) is 0 Å². The fourth-order valence-corrected chi connectivity index (χ4v) is 3.32. The molecule has 0 saturated heterocycles. The van der Waals surface area contributed by atoms with Gasteiger partial charge in [0.25, 0.3) is 0 Å². The van der Waals surface area contributed by atoms with Crippen LogP contribution in [0.1, 0.15) is 51.6 Å². The van der Waals surface area contributed by atoms with Gasteiger partial charge in [0.2, 0.25) is 0 Å². The number of hydrogen-bond donors (Lipinski definition) is 1. The van der Waals surface area contributed by atoms with Gasteiger partial charge in [-0.1, -0.05) is 56.2 Å². The third-order valence-electron chi connectivity index (χ3n) is 4.06. The molecule has 0 radical (unpaired) electrons. The lowest BCUT2D eigenvalue weighted by atomic mass is 10.2. The van der Waals surface area contributed by atoms with Crippen molar-refractivity contribution in [3.8, 4) is 0 Å². The van der Waals surface area contributed by atoms with Gasteiger partial charge in [-0.25, -0.2) is 14.6 Å². The van der Waals surface area contributed by atoms with E-state index < -0.39 is 0 Å². The summed E-state index contributed by atoms with van der Waals surface area (Å²) >= 11 is 1.63. The lowest BCUT2D eigenvalue weighted by Gasteiger charge is -2.06. The van der Waals surface area contributed by atoms with Crippen molar-refractivity contribution in [2.75, 3.05) is 11.2 Å². The van der Waals surface area contributed by atoms with Gasteiger partial charge in [-0.2, -0.15) is 5.10 Å². The third kappa shape index (κ3) is 5.48. The zero-order chi connectivity index (χ0) is 19.6. The van der Waals surface area contributed by atoms with Crippen LogP contribution in [-0.2, 0) is 6.54 Å². The maximum Gasteiger partial charge on any atom is 0.191 e. The van der Waals surface area contributed by atoms with Crippen molar-refractivity contribution in [1.29, 1.82) is 0 Å². The zero-order valence-corrected chi connectivity index (χ0v) is 17.2. The van der Waals surface area contributed by atoms with Crippen molar-refractivity contribution in [2.45, 2.75) is 57.7 Å². The molecule has 0 unspecified atom stereocenters. The first-order valence-corrected chi connectivity index (χ1v) is 10.7. The highest BCUT2D eigenvalue weighted by Crippen LogP contribution is 2.23. The maximum absolute atomic E-state index is 4.68. The molecule has 0 amide bonds. The summed E-state index contributed by atoms with van der Waals surface area (Å²) in [7, 11) is 0. The number of nitrogens with one attached hydrogen (secondary N) is 1. The number of pyridine rings is 1. The molecule has 0 spiro atoms. The standard InChI is InChI=1S/C19H26N8S/c1-3-5-6-9-12-27-18-16(24-26-27)17(22-19(23-18)28-13-4-2)25-21-14-15-10-7-8-11-20-15/h7-8,10-11,14H,3-6,9,12-13H2,1-2H3,(H,22,23,25)/b21-14+. The van der Waals surface area contributed by atoms with Crippen LogP contribution in [0.4, 0.5) is 5.82 Å². The largest absolute Gasteiger partial charge is 0.259 e. The molecular formula is C19H26N8S. The summed E-state index contributed by atoms with van der Waals surface area (Å²) < 4.78 is 1.87. The van der Waals surface area contributed by atoms with Crippen LogP contribution in [0.25, 0.3) is 11.2 Å². The van der Waals surface area contributed by atoms with Crippen molar-refractivity contribution >= 4 is 35.0 Å². The highest BCUT2D eigenvalue weighted by Gasteiger charge is 2.14. The van der Waals surface area contributed by atoms with Crippen LogP contribution in [-0.4, -0.2) is 41.9 Å². The topological polar surface area (TPSA) is 93.8 Å². The number of hydrazone groups is 1. The smallest absolute Gasteiger partial charge is 0.191 e. The molecule has 9 heteroatoms.